The van der Waals surface area contributed by atoms with Gasteiger partial charge >= 0.3 is 0 Å². The van der Waals surface area contributed by atoms with E-state index < -0.39 is 5.60 Å². The Kier molecular flexibility index (Phi) is 4.13. The van der Waals surface area contributed by atoms with Gasteiger partial charge in [-0.05, 0) is 26.3 Å². The lowest BCUT2D eigenvalue weighted by atomic mass is 10.00. The molecule has 1 saturated heterocycles. The maximum Gasteiger partial charge on any atom is 0.165 e. The van der Waals surface area contributed by atoms with Crippen LogP contribution in [0, 0.1) is 0 Å². The highest BCUT2D eigenvalue weighted by molar-refractivity contribution is 5.47. The molecule has 1 unspecified atom stereocenters. The van der Waals surface area contributed by atoms with Crippen molar-refractivity contribution < 1.29 is 14.6 Å². The Labute approximate surface area is 147 Å². The molecule has 2 aliphatic rings. The summed E-state index contributed by atoms with van der Waals surface area (Å²) in [5.41, 5.74) is 0.796. The second kappa shape index (κ2) is 6.31. The molecule has 7 heteroatoms. The molecule has 0 radical (unpaired) electrons. The Morgan fingerprint density at radius 1 is 1.28 bits per heavy atom. The number of hydrogen-bond donors (Lipinski definition) is 1. The summed E-state index contributed by atoms with van der Waals surface area (Å²) < 4.78 is 13.2. The lowest BCUT2D eigenvalue weighted by molar-refractivity contribution is 0.0406. The molecule has 7 nitrogen and oxygen atoms in total. The number of ether oxygens (including phenoxy) is 2. The van der Waals surface area contributed by atoms with Crippen molar-refractivity contribution in [2.75, 3.05) is 26.3 Å². The summed E-state index contributed by atoms with van der Waals surface area (Å²) in [7, 11) is 0. The molecule has 0 aliphatic carbocycles. The highest BCUT2D eigenvalue weighted by Gasteiger charge is 2.40. The highest BCUT2D eigenvalue weighted by Crippen LogP contribution is 2.37. The number of fused-ring (bicyclic) bond motifs is 1. The van der Waals surface area contributed by atoms with E-state index in [1.54, 1.807) is 4.68 Å². The lowest BCUT2D eigenvalue weighted by Crippen LogP contribution is -2.31. The Morgan fingerprint density at radius 2 is 2.12 bits per heavy atom. The lowest BCUT2D eigenvalue weighted by Gasteiger charge is -2.24. The normalized spacial score (nSPS) is 23.4. The van der Waals surface area contributed by atoms with Crippen LogP contribution in [0.3, 0.4) is 0 Å². The zero-order valence-corrected chi connectivity index (χ0v) is 14.7. The number of aromatic nitrogens is 3. The van der Waals surface area contributed by atoms with Crippen LogP contribution in [-0.4, -0.2) is 51.3 Å². The van der Waals surface area contributed by atoms with E-state index in [0.29, 0.717) is 38.4 Å². The average molecular weight is 344 g/mol. The van der Waals surface area contributed by atoms with Gasteiger partial charge in [0, 0.05) is 31.2 Å². The predicted octanol–water partition coefficient (Wildman–Crippen LogP) is 1.72. The molecule has 134 valence electrons. The van der Waals surface area contributed by atoms with Crippen LogP contribution in [0.1, 0.15) is 37.6 Å². The van der Waals surface area contributed by atoms with Crippen LogP contribution in [0.25, 0.3) is 0 Å². The Morgan fingerprint density at radius 3 is 2.92 bits per heavy atom. The van der Waals surface area contributed by atoms with Crippen molar-refractivity contribution in [3.05, 3.63) is 35.7 Å². The number of β-amino-alcohol motifs (C(OH)–C–C–N with tert-alkyl or cyclic N) is 1. The van der Waals surface area contributed by atoms with Crippen molar-refractivity contribution in [2.45, 2.75) is 38.5 Å². The summed E-state index contributed by atoms with van der Waals surface area (Å²) in [6.45, 7) is 7.31. The minimum Gasteiger partial charge on any atom is -0.486 e. The Hall–Kier alpha value is -2.12. The van der Waals surface area contributed by atoms with Gasteiger partial charge in [0.05, 0.1) is 6.20 Å². The first-order valence-corrected chi connectivity index (χ1v) is 8.80. The monoisotopic (exact) mass is 344 g/mol. The van der Waals surface area contributed by atoms with Gasteiger partial charge in [0.25, 0.3) is 0 Å². The number of aliphatic hydroxyl groups is 1. The third-order valence-corrected chi connectivity index (χ3v) is 4.88. The molecule has 2 aliphatic heterocycles. The third kappa shape index (κ3) is 3.09. The minimum absolute atomic E-state index is 0.232. The van der Waals surface area contributed by atoms with E-state index in [1.165, 1.54) is 0 Å². The van der Waals surface area contributed by atoms with Crippen LogP contribution in [0.5, 0.6) is 11.5 Å². The Bertz CT molecular complexity index is 761. The molecule has 1 atom stereocenters. The van der Waals surface area contributed by atoms with Gasteiger partial charge in [-0.1, -0.05) is 17.3 Å². The maximum atomic E-state index is 11.0. The molecule has 3 heterocycles. The average Bonchev–Trinajstić information content (AvgIpc) is 3.24. The van der Waals surface area contributed by atoms with Crippen molar-refractivity contribution in [1.29, 1.82) is 0 Å². The molecule has 4 rings (SSSR count). The van der Waals surface area contributed by atoms with E-state index in [-0.39, 0.29) is 6.04 Å². The second-order valence-corrected chi connectivity index (χ2v) is 7.11. The zero-order chi connectivity index (χ0) is 17.4. The molecular formula is C18H24N4O3. The summed E-state index contributed by atoms with van der Waals surface area (Å²) in [6.07, 6.45) is 2.51. The van der Waals surface area contributed by atoms with E-state index in [0.717, 1.165) is 23.6 Å². The molecule has 1 aromatic heterocycles. The van der Waals surface area contributed by atoms with E-state index >= 15 is 0 Å². The largest absolute Gasteiger partial charge is 0.486 e. The molecule has 0 amide bonds. The predicted molar refractivity (Wildman–Crippen MR) is 91.6 cm³/mol. The van der Waals surface area contributed by atoms with Crippen LogP contribution in [0.15, 0.2) is 24.4 Å². The number of nitrogens with zero attached hydrogens (tertiary/aromatic N) is 4. The topological polar surface area (TPSA) is 72.6 Å². The SMILES string of the molecule is CC(C)n1cc(C2(O)CCN(Cc3cccc4c3OCCO4)C2)nn1. The van der Waals surface area contributed by atoms with Crippen molar-refractivity contribution >= 4 is 0 Å². The first kappa shape index (κ1) is 16.4. The maximum absolute atomic E-state index is 11.0. The van der Waals surface area contributed by atoms with Gasteiger partial charge in [0.15, 0.2) is 11.5 Å². The van der Waals surface area contributed by atoms with Gasteiger partial charge in [0.2, 0.25) is 0 Å². The summed E-state index contributed by atoms with van der Waals surface area (Å²) in [5.74, 6) is 1.63. The second-order valence-electron chi connectivity index (χ2n) is 7.11. The molecule has 1 N–H and O–H groups in total. The fraction of sp³-hybridized carbons (Fsp3) is 0.556. The van der Waals surface area contributed by atoms with Gasteiger partial charge < -0.3 is 14.6 Å². The molecule has 25 heavy (non-hydrogen) atoms. The van der Waals surface area contributed by atoms with E-state index in [1.807, 2.05) is 32.2 Å². The zero-order valence-electron chi connectivity index (χ0n) is 14.7. The molecule has 0 bridgehead atoms. The molecule has 1 fully saturated rings. The van der Waals surface area contributed by atoms with Crippen molar-refractivity contribution in [3.63, 3.8) is 0 Å². The summed E-state index contributed by atoms with van der Waals surface area (Å²) >= 11 is 0. The summed E-state index contributed by atoms with van der Waals surface area (Å²) in [4.78, 5) is 2.22. The number of hydrogen-bond acceptors (Lipinski definition) is 6. The highest BCUT2D eigenvalue weighted by atomic mass is 16.6. The van der Waals surface area contributed by atoms with Crippen LogP contribution in [-0.2, 0) is 12.1 Å². The molecule has 0 saturated carbocycles. The first-order chi connectivity index (χ1) is 12.0. The fourth-order valence-corrected chi connectivity index (χ4v) is 3.46. The van der Waals surface area contributed by atoms with Crippen LogP contribution >= 0.6 is 0 Å². The first-order valence-electron chi connectivity index (χ1n) is 8.80. The van der Waals surface area contributed by atoms with E-state index in [2.05, 4.69) is 21.3 Å². The molecule has 2 aromatic rings. The number of benzene rings is 1. The molecule has 0 spiro atoms. The van der Waals surface area contributed by atoms with E-state index in [4.69, 9.17) is 9.47 Å². The van der Waals surface area contributed by atoms with Crippen LogP contribution in [0.4, 0.5) is 0 Å². The molecular weight excluding hydrogens is 320 g/mol. The van der Waals surface area contributed by atoms with Crippen molar-refractivity contribution in [1.82, 2.24) is 19.9 Å². The summed E-state index contributed by atoms with van der Waals surface area (Å²) in [6, 6.07) is 6.21. The Balaban J connectivity index is 1.49. The van der Waals surface area contributed by atoms with Gasteiger partial charge in [-0.2, -0.15) is 0 Å². The van der Waals surface area contributed by atoms with Crippen LogP contribution in [0.2, 0.25) is 0 Å². The number of rotatable bonds is 4. The van der Waals surface area contributed by atoms with Crippen molar-refractivity contribution in [2.24, 2.45) is 0 Å². The number of para-hydroxylation sites is 1. The van der Waals surface area contributed by atoms with E-state index in [9.17, 15) is 5.11 Å². The van der Waals surface area contributed by atoms with Crippen LogP contribution < -0.4 is 9.47 Å². The van der Waals surface area contributed by atoms with Gasteiger partial charge in [-0.15, -0.1) is 5.10 Å². The van der Waals surface area contributed by atoms with Gasteiger partial charge in [-0.3, -0.25) is 4.90 Å². The van der Waals surface area contributed by atoms with Gasteiger partial charge in [-0.25, -0.2) is 4.68 Å². The van der Waals surface area contributed by atoms with Crippen molar-refractivity contribution in [3.8, 4) is 11.5 Å². The minimum atomic E-state index is -0.945. The molecule has 1 aromatic carbocycles. The fourth-order valence-electron chi connectivity index (χ4n) is 3.46. The summed E-state index contributed by atoms with van der Waals surface area (Å²) in [5, 5.41) is 19.3. The number of likely N-dealkylation sites (tertiary alicyclic amines) is 1. The van der Waals surface area contributed by atoms with Gasteiger partial charge in [0.1, 0.15) is 24.5 Å². The standard InChI is InChI=1S/C18H24N4O3/c1-13(2)22-11-16(19-20-22)18(23)6-7-21(12-18)10-14-4-3-5-15-17(14)25-9-8-24-15/h3-5,11,13,23H,6-10,12H2,1-2H3. The quantitative estimate of drug-likeness (QED) is 0.911. The third-order valence-electron chi connectivity index (χ3n) is 4.88. The smallest absolute Gasteiger partial charge is 0.165 e.